The molecular formula is C20H30N2O4S. The van der Waals surface area contributed by atoms with Crippen molar-refractivity contribution in [3.8, 4) is 0 Å². The Balaban J connectivity index is 1.70. The van der Waals surface area contributed by atoms with Gasteiger partial charge in [0.2, 0.25) is 10.0 Å². The average Bonchev–Trinajstić information content (AvgIpc) is 3.09. The van der Waals surface area contributed by atoms with Gasteiger partial charge in [-0.2, -0.15) is 0 Å². The zero-order valence-electron chi connectivity index (χ0n) is 16.4. The molecule has 2 aliphatic rings. The van der Waals surface area contributed by atoms with Gasteiger partial charge in [-0.1, -0.05) is 38.1 Å². The quantitative estimate of drug-likeness (QED) is 0.689. The molecule has 2 aliphatic heterocycles. The fraction of sp³-hybridized carbons (Fsp3) is 0.650. The minimum absolute atomic E-state index is 0.0535. The Morgan fingerprint density at radius 3 is 2.33 bits per heavy atom. The van der Waals surface area contributed by atoms with Crippen LogP contribution in [-0.4, -0.2) is 69.1 Å². The molecule has 0 N–H and O–H groups in total. The molecule has 7 heteroatoms. The Bertz CT molecular complexity index is 755. The Kier molecular flexibility index (Phi) is 6.35. The highest BCUT2D eigenvalue weighted by atomic mass is 32.2. The van der Waals surface area contributed by atoms with Gasteiger partial charge in [-0.25, -0.2) is 12.7 Å². The Hall–Kier alpha value is -1.28. The minimum Gasteiger partial charge on any atom is -0.379 e. The number of sulfonamides is 1. The van der Waals surface area contributed by atoms with Crippen LogP contribution in [0, 0.1) is 17.8 Å². The number of Topliss-reactive ketones (excluding diaryl/α,β-unsaturated/α-hetero) is 1. The SMILES string of the molecule is CC(C)[C@H]1CN(S(C)(=O)=O)CC1C(=O)c1ccc(CN2CCOCC2)cc1. The lowest BCUT2D eigenvalue weighted by Gasteiger charge is -2.26. The van der Waals surface area contributed by atoms with Crippen LogP contribution in [0.5, 0.6) is 0 Å². The van der Waals surface area contributed by atoms with Crippen LogP contribution < -0.4 is 0 Å². The summed E-state index contributed by atoms with van der Waals surface area (Å²) in [4.78, 5) is 15.4. The first kappa shape index (κ1) is 20.5. The van der Waals surface area contributed by atoms with Crippen molar-refractivity contribution >= 4 is 15.8 Å². The molecule has 27 heavy (non-hydrogen) atoms. The highest BCUT2D eigenvalue weighted by molar-refractivity contribution is 7.88. The van der Waals surface area contributed by atoms with Crippen LogP contribution >= 0.6 is 0 Å². The van der Waals surface area contributed by atoms with Crippen molar-refractivity contribution in [2.24, 2.45) is 17.8 Å². The molecule has 0 aromatic heterocycles. The van der Waals surface area contributed by atoms with Gasteiger partial charge in [0, 0.05) is 44.2 Å². The van der Waals surface area contributed by atoms with E-state index in [2.05, 4.69) is 18.7 Å². The van der Waals surface area contributed by atoms with Crippen molar-refractivity contribution < 1.29 is 17.9 Å². The number of nitrogens with zero attached hydrogens (tertiary/aromatic N) is 2. The number of benzene rings is 1. The smallest absolute Gasteiger partial charge is 0.211 e. The highest BCUT2D eigenvalue weighted by Gasteiger charge is 2.42. The van der Waals surface area contributed by atoms with Gasteiger partial charge >= 0.3 is 0 Å². The maximum absolute atomic E-state index is 13.1. The molecule has 150 valence electrons. The number of hydrogen-bond donors (Lipinski definition) is 0. The molecule has 0 aliphatic carbocycles. The topological polar surface area (TPSA) is 66.9 Å². The molecular weight excluding hydrogens is 364 g/mol. The van der Waals surface area contributed by atoms with Crippen LogP contribution in [0.2, 0.25) is 0 Å². The van der Waals surface area contributed by atoms with Crippen LogP contribution in [0.3, 0.4) is 0 Å². The number of ketones is 1. The van der Waals surface area contributed by atoms with E-state index in [1.54, 1.807) is 0 Å². The van der Waals surface area contributed by atoms with E-state index in [0.717, 1.165) is 32.8 Å². The van der Waals surface area contributed by atoms with Gasteiger partial charge in [0.15, 0.2) is 5.78 Å². The maximum atomic E-state index is 13.1. The van der Waals surface area contributed by atoms with Crippen molar-refractivity contribution in [1.29, 1.82) is 0 Å². The Morgan fingerprint density at radius 1 is 1.15 bits per heavy atom. The molecule has 0 bridgehead atoms. The first-order chi connectivity index (χ1) is 12.8. The van der Waals surface area contributed by atoms with E-state index < -0.39 is 10.0 Å². The van der Waals surface area contributed by atoms with Crippen LogP contribution in [0.25, 0.3) is 0 Å². The molecule has 2 atom stereocenters. The highest BCUT2D eigenvalue weighted by Crippen LogP contribution is 2.33. The van der Waals surface area contributed by atoms with E-state index in [4.69, 9.17) is 4.74 Å². The third kappa shape index (κ3) is 4.96. The number of carbonyl (C=O) groups excluding carboxylic acids is 1. The normalized spacial score (nSPS) is 25.2. The molecule has 2 saturated heterocycles. The summed E-state index contributed by atoms with van der Waals surface area (Å²) in [7, 11) is -3.28. The van der Waals surface area contributed by atoms with Gasteiger partial charge in [-0.15, -0.1) is 0 Å². The predicted octanol–water partition coefficient (Wildman–Crippen LogP) is 1.87. The number of carbonyl (C=O) groups is 1. The van der Waals surface area contributed by atoms with E-state index >= 15 is 0 Å². The van der Waals surface area contributed by atoms with E-state index in [1.165, 1.54) is 16.1 Å². The lowest BCUT2D eigenvalue weighted by atomic mass is 9.81. The molecule has 2 fully saturated rings. The van der Waals surface area contributed by atoms with Crippen LogP contribution in [0.15, 0.2) is 24.3 Å². The maximum Gasteiger partial charge on any atom is 0.211 e. The van der Waals surface area contributed by atoms with Crippen molar-refractivity contribution in [2.75, 3.05) is 45.6 Å². The van der Waals surface area contributed by atoms with Gasteiger partial charge in [0.05, 0.1) is 19.5 Å². The largest absolute Gasteiger partial charge is 0.379 e. The van der Waals surface area contributed by atoms with E-state index in [-0.39, 0.29) is 30.1 Å². The molecule has 3 rings (SSSR count). The summed E-state index contributed by atoms with van der Waals surface area (Å²) in [6.07, 6.45) is 1.22. The third-order valence-corrected chi connectivity index (χ3v) is 6.98. The van der Waals surface area contributed by atoms with E-state index in [1.807, 2.05) is 24.3 Å². The van der Waals surface area contributed by atoms with Crippen LogP contribution in [0.4, 0.5) is 0 Å². The van der Waals surface area contributed by atoms with E-state index in [0.29, 0.717) is 12.1 Å². The molecule has 0 amide bonds. The fourth-order valence-electron chi connectivity index (χ4n) is 4.02. The van der Waals surface area contributed by atoms with Gasteiger partial charge in [0.1, 0.15) is 0 Å². The Morgan fingerprint density at radius 2 is 1.78 bits per heavy atom. The van der Waals surface area contributed by atoms with Crippen LogP contribution in [0.1, 0.15) is 29.8 Å². The van der Waals surface area contributed by atoms with Gasteiger partial charge in [0.25, 0.3) is 0 Å². The number of ether oxygens (including phenoxy) is 1. The summed E-state index contributed by atoms with van der Waals surface area (Å²) in [6, 6.07) is 7.80. The summed E-state index contributed by atoms with van der Waals surface area (Å²) in [6.45, 7) is 9.10. The molecule has 1 aromatic carbocycles. The van der Waals surface area contributed by atoms with Crippen molar-refractivity contribution in [2.45, 2.75) is 20.4 Å². The first-order valence-electron chi connectivity index (χ1n) is 9.64. The van der Waals surface area contributed by atoms with Gasteiger partial charge < -0.3 is 4.74 Å². The van der Waals surface area contributed by atoms with Crippen LogP contribution in [-0.2, 0) is 21.3 Å². The van der Waals surface area contributed by atoms with Gasteiger partial charge in [-0.05, 0) is 17.4 Å². The molecule has 0 saturated carbocycles. The summed E-state index contributed by atoms with van der Waals surface area (Å²) >= 11 is 0. The molecule has 1 unspecified atom stereocenters. The molecule has 0 radical (unpaired) electrons. The molecule has 6 nitrogen and oxygen atoms in total. The monoisotopic (exact) mass is 394 g/mol. The first-order valence-corrected chi connectivity index (χ1v) is 11.5. The number of rotatable bonds is 6. The zero-order valence-corrected chi connectivity index (χ0v) is 17.2. The molecule has 0 spiro atoms. The zero-order chi connectivity index (χ0) is 19.6. The molecule has 2 heterocycles. The molecule has 1 aromatic rings. The standard InChI is InChI=1S/C20H30N2O4S/c1-15(2)18-13-22(27(3,24)25)14-19(18)20(23)17-6-4-16(5-7-17)12-21-8-10-26-11-9-21/h4-7,15,18-19H,8-14H2,1-3H3/t18-,19?/m1/s1. The Labute approximate surface area is 162 Å². The predicted molar refractivity (Wildman–Crippen MR) is 105 cm³/mol. The minimum atomic E-state index is -3.28. The van der Waals surface area contributed by atoms with Crippen molar-refractivity contribution in [3.05, 3.63) is 35.4 Å². The summed E-state index contributed by atoms with van der Waals surface area (Å²) in [5, 5.41) is 0. The second-order valence-corrected chi connectivity index (χ2v) is 10.0. The summed E-state index contributed by atoms with van der Waals surface area (Å²) < 4.78 is 30.7. The lowest BCUT2D eigenvalue weighted by Crippen LogP contribution is -2.35. The second-order valence-electron chi connectivity index (χ2n) is 8.04. The number of morpholine rings is 1. The van der Waals surface area contributed by atoms with Gasteiger partial charge in [-0.3, -0.25) is 9.69 Å². The lowest BCUT2D eigenvalue weighted by molar-refractivity contribution is 0.0342. The second kappa shape index (κ2) is 8.39. The summed E-state index contributed by atoms with van der Waals surface area (Å²) in [5.74, 6) is 0.0918. The summed E-state index contributed by atoms with van der Waals surface area (Å²) in [5.41, 5.74) is 1.85. The average molecular weight is 395 g/mol. The van der Waals surface area contributed by atoms with Crippen molar-refractivity contribution in [1.82, 2.24) is 9.21 Å². The fourth-order valence-corrected chi connectivity index (χ4v) is 4.90. The number of hydrogen-bond acceptors (Lipinski definition) is 5. The van der Waals surface area contributed by atoms with E-state index in [9.17, 15) is 13.2 Å². The van der Waals surface area contributed by atoms with Crippen molar-refractivity contribution in [3.63, 3.8) is 0 Å². The third-order valence-electron chi connectivity index (χ3n) is 5.74.